The van der Waals surface area contributed by atoms with Gasteiger partial charge in [0.15, 0.2) is 0 Å². The maximum Gasteiger partial charge on any atom is 0.255 e. The molecule has 0 aliphatic carbocycles. The van der Waals surface area contributed by atoms with Gasteiger partial charge in [-0.3, -0.25) is 4.79 Å². The summed E-state index contributed by atoms with van der Waals surface area (Å²) in [5.74, 6) is -0.341. The molecule has 0 radical (unpaired) electrons. The Balaban J connectivity index is 1.77. The maximum absolute atomic E-state index is 12.6. The van der Waals surface area contributed by atoms with Crippen LogP contribution in [-0.2, 0) is 23.0 Å². The number of anilines is 1. The first-order valence-electron chi connectivity index (χ1n) is 8.51. The van der Waals surface area contributed by atoms with Gasteiger partial charge in [0.05, 0.1) is 4.90 Å². The van der Waals surface area contributed by atoms with Crippen molar-refractivity contribution in [3.63, 3.8) is 0 Å². The summed E-state index contributed by atoms with van der Waals surface area (Å²) < 4.78 is 27.6. The number of para-hydroxylation sites is 1. The highest BCUT2D eigenvalue weighted by molar-refractivity contribution is 7.89. The minimum Gasteiger partial charge on any atom is -0.322 e. The molecule has 1 aromatic heterocycles. The molecule has 0 fully saturated rings. The van der Waals surface area contributed by atoms with E-state index in [2.05, 4.69) is 10.0 Å². The van der Waals surface area contributed by atoms with Gasteiger partial charge in [0.2, 0.25) is 10.0 Å². The Morgan fingerprint density at radius 1 is 1.04 bits per heavy atom. The average Bonchev–Trinajstić information content (AvgIpc) is 3.21. The molecule has 140 valence electrons. The van der Waals surface area contributed by atoms with Crippen LogP contribution in [0.4, 0.5) is 5.69 Å². The third-order valence-electron chi connectivity index (χ3n) is 4.07. The van der Waals surface area contributed by atoms with Crippen LogP contribution in [0.3, 0.4) is 0 Å². The third-order valence-corrected chi connectivity index (χ3v) is 6.34. The van der Waals surface area contributed by atoms with Gasteiger partial charge in [0.1, 0.15) is 0 Å². The van der Waals surface area contributed by atoms with Gasteiger partial charge in [-0.2, -0.15) is 0 Å². The standard InChI is InChI=1S/C20H20N2O3S2/c1-2-15-7-3-4-11-19(15)22-20(23)16-8-5-10-18(13-16)27(24,25)21-14-17-9-6-12-26-17/h3-13,21H,2,14H2,1H3,(H,22,23). The Hall–Kier alpha value is -2.48. The SMILES string of the molecule is CCc1ccccc1NC(=O)c1cccc(S(=O)(=O)NCc2cccs2)c1. The highest BCUT2D eigenvalue weighted by atomic mass is 32.2. The van der Waals surface area contributed by atoms with Gasteiger partial charge >= 0.3 is 0 Å². The van der Waals surface area contributed by atoms with Gasteiger partial charge in [-0.15, -0.1) is 11.3 Å². The summed E-state index contributed by atoms with van der Waals surface area (Å²) in [6, 6.07) is 17.3. The van der Waals surface area contributed by atoms with Gasteiger partial charge in [-0.25, -0.2) is 13.1 Å². The summed E-state index contributed by atoms with van der Waals surface area (Å²) in [5.41, 5.74) is 2.04. The number of benzene rings is 2. The second-order valence-electron chi connectivity index (χ2n) is 5.90. The molecule has 0 bridgehead atoms. The number of hydrogen-bond donors (Lipinski definition) is 2. The summed E-state index contributed by atoms with van der Waals surface area (Å²) in [4.78, 5) is 13.6. The van der Waals surface area contributed by atoms with Crippen LogP contribution < -0.4 is 10.0 Å². The summed E-state index contributed by atoms with van der Waals surface area (Å²) in [6.07, 6.45) is 0.789. The van der Waals surface area contributed by atoms with E-state index in [1.54, 1.807) is 12.1 Å². The summed E-state index contributed by atoms with van der Waals surface area (Å²) in [6.45, 7) is 2.23. The predicted molar refractivity (Wildman–Crippen MR) is 109 cm³/mol. The average molecular weight is 401 g/mol. The Morgan fingerprint density at radius 2 is 1.85 bits per heavy atom. The molecule has 2 aromatic carbocycles. The van der Waals surface area contributed by atoms with Gasteiger partial charge in [-0.1, -0.05) is 37.3 Å². The molecule has 0 saturated heterocycles. The number of aryl methyl sites for hydroxylation is 1. The molecule has 0 aliphatic rings. The topological polar surface area (TPSA) is 75.3 Å². The number of carbonyl (C=O) groups is 1. The maximum atomic E-state index is 12.6. The molecule has 27 heavy (non-hydrogen) atoms. The second kappa shape index (κ2) is 8.47. The zero-order valence-corrected chi connectivity index (χ0v) is 16.4. The zero-order chi connectivity index (χ0) is 19.3. The summed E-state index contributed by atoms with van der Waals surface area (Å²) >= 11 is 1.48. The molecule has 0 saturated carbocycles. The van der Waals surface area contributed by atoms with Gasteiger partial charge in [-0.05, 0) is 47.7 Å². The van der Waals surface area contributed by atoms with Crippen molar-refractivity contribution in [1.82, 2.24) is 4.72 Å². The number of nitrogens with one attached hydrogen (secondary N) is 2. The van der Waals surface area contributed by atoms with E-state index in [1.165, 1.54) is 23.5 Å². The molecule has 3 rings (SSSR count). The van der Waals surface area contributed by atoms with E-state index in [0.717, 1.165) is 22.5 Å². The second-order valence-corrected chi connectivity index (χ2v) is 8.70. The predicted octanol–water partition coefficient (Wildman–Crippen LogP) is 4.04. The lowest BCUT2D eigenvalue weighted by molar-refractivity contribution is 0.102. The summed E-state index contributed by atoms with van der Waals surface area (Å²) in [5, 5.41) is 4.75. The fraction of sp³-hybridized carbons (Fsp3) is 0.150. The normalized spacial score (nSPS) is 11.3. The fourth-order valence-electron chi connectivity index (χ4n) is 2.61. The molecule has 0 unspecified atom stereocenters. The van der Waals surface area contributed by atoms with Gasteiger partial charge in [0.25, 0.3) is 5.91 Å². The van der Waals surface area contributed by atoms with Crippen molar-refractivity contribution >= 4 is 33.0 Å². The first kappa shape index (κ1) is 19.3. The van der Waals surface area contributed by atoms with Crippen LogP contribution in [0.1, 0.15) is 27.7 Å². The number of sulfonamides is 1. The van der Waals surface area contributed by atoms with Crippen LogP contribution in [0.5, 0.6) is 0 Å². The third kappa shape index (κ3) is 4.82. The van der Waals surface area contributed by atoms with E-state index in [1.807, 2.05) is 48.7 Å². The van der Waals surface area contributed by atoms with E-state index in [9.17, 15) is 13.2 Å². The minimum absolute atomic E-state index is 0.0653. The van der Waals surface area contributed by atoms with Crippen LogP contribution in [0.15, 0.2) is 70.9 Å². The van der Waals surface area contributed by atoms with Crippen LogP contribution in [0.2, 0.25) is 0 Å². The molecular formula is C20H20N2O3S2. The Morgan fingerprint density at radius 3 is 2.59 bits per heavy atom. The molecule has 2 N–H and O–H groups in total. The van der Waals surface area contributed by atoms with Gasteiger partial charge in [0, 0.05) is 22.7 Å². The minimum atomic E-state index is -3.70. The van der Waals surface area contributed by atoms with Gasteiger partial charge < -0.3 is 5.32 Å². The van der Waals surface area contributed by atoms with E-state index in [-0.39, 0.29) is 17.3 Å². The van der Waals surface area contributed by atoms with Crippen molar-refractivity contribution in [2.75, 3.05) is 5.32 Å². The van der Waals surface area contributed by atoms with Crippen molar-refractivity contribution in [2.24, 2.45) is 0 Å². The highest BCUT2D eigenvalue weighted by Crippen LogP contribution is 2.18. The highest BCUT2D eigenvalue weighted by Gasteiger charge is 2.17. The number of carbonyl (C=O) groups excluding carboxylic acids is 1. The fourth-order valence-corrected chi connectivity index (χ4v) is 4.40. The first-order valence-corrected chi connectivity index (χ1v) is 10.9. The molecular weight excluding hydrogens is 380 g/mol. The first-order chi connectivity index (χ1) is 13.0. The van der Waals surface area contributed by atoms with Crippen molar-refractivity contribution in [3.05, 3.63) is 82.0 Å². The van der Waals surface area contributed by atoms with E-state index < -0.39 is 10.0 Å². The largest absolute Gasteiger partial charge is 0.322 e. The molecule has 5 nitrogen and oxygen atoms in total. The van der Waals surface area contributed by atoms with Crippen LogP contribution >= 0.6 is 11.3 Å². The smallest absolute Gasteiger partial charge is 0.255 e. The van der Waals surface area contributed by atoms with Crippen molar-refractivity contribution in [1.29, 1.82) is 0 Å². The number of rotatable bonds is 7. The molecule has 0 spiro atoms. The molecule has 1 amide bonds. The quantitative estimate of drug-likeness (QED) is 0.628. The monoisotopic (exact) mass is 400 g/mol. The van der Waals surface area contributed by atoms with Crippen LogP contribution in [0, 0.1) is 0 Å². The van der Waals surface area contributed by atoms with Crippen LogP contribution in [0.25, 0.3) is 0 Å². The Bertz CT molecular complexity index is 1030. The number of amides is 1. The van der Waals surface area contributed by atoms with Crippen molar-refractivity contribution < 1.29 is 13.2 Å². The zero-order valence-electron chi connectivity index (χ0n) is 14.8. The molecule has 0 atom stereocenters. The number of thiophene rings is 1. The number of hydrogen-bond acceptors (Lipinski definition) is 4. The van der Waals surface area contributed by atoms with E-state index >= 15 is 0 Å². The van der Waals surface area contributed by atoms with Crippen molar-refractivity contribution in [2.45, 2.75) is 24.8 Å². The molecule has 1 heterocycles. The molecule has 7 heteroatoms. The summed E-state index contributed by atoms with van der Waals surface area (Å²) in [7, 11) is -3.70. The Kier molecular flexibility index (Phi) is 6.05. The van der Waals surface area contributed by atoms with E-state index in [0.29, 0.717) is 5.56 Å². The lowest BCUT2D eigenvalue weighted by atomic mass is 10.1. The Labute approximate surface area is 163 Å². The van der Waals surface area contributed by atoms with Crippen LogP contribution in [-0.4, -0.2) is 14.3 Å². The lowest BCUT2D eigenvalue weighted by Crippen LogP contribution is -2.23. The lowest BCUT2D eigenvalue weighted by Gasteiger charge is -2.11. The molecule has 3 aromatic rings. The van der Waals surface area contributed by atoms with E-state index in [4.69, 9.17) is 0 Å². The molecule has 0 aliphatic heterocycles. The van der Waals surface area contributed by atoms with Crippen molar-refractivity contribution in [3.8, 4) is 0 Å².